The van der Waals surface area contributed by atoms with E-state index in [1.54, 1.807) is 11.3 Å². The van der Waals surface area contributed by atoms with Gasteiger partial charge in [-0.15, -0.1) is 11.3 Å². The highest BCUT2D eigenvalue weighted by Crippen LogP contribution is 2.29. The molecule has 2 rings (SSSR count). The van der Waals surface area contributed by atoms with Crippen LogP contribution in [0.15, 0.2) is 30.3 Å². The molecule has 0 aliphatic carbocycles. The van der Waals surface area contributed by atoms with Crippen LogP contribution in [0.3, 0.4) is 0 Å². The van der Waals surface area contributed by atoms with Crippen molar-refractivity contribution in [2.45, 2.75) is 19.9 Å². The molecule has 0 saturated heterocycles. The number of hydrazine groups is 1. The Morgan fingerprint density at radius 1 is 1.24 bits per heavy atom. The second-order valence-corrected chi connectivity index (χ2v) is 5.78. The predicted octanol–water partition coefficient (Wildman–Crippen LogP) is 3.57. The number of nitrogens with two attached hydrogens (primary N) is 1. The molecule has 1 aromatic carbocycles. The van der Waals surface area contributed by atoms with Gasteiger partial charge in [-0.1, -0.05) is 23.7 Å². The Hall–Kier alpha value is -0.870. The van der Waals surface area contributed by atoms with Gasteiger partial charge < -0.3 is 0 Å². The van der Waals surface area contributed by atoms with Crippen LogP contribution in [0.25, 0.3) is 0 Å². The van der Waals surface area contributed by atoms with Gasteiger partial charge in [-0.3, -0.25) is 5.84 Å². The summed E-state index contributed by atoms with van der Waals surface area (Å²) in [5, 5.41) is 0.784. The highest BCUT2D eigenvalue weighted by atomic mass is 35.5. The normalized spacial score (nSPS) is 12.7. The highest BCUT2D eigenvalue weighted by Gasteiger charge is 2.14. The summed E-state index contributed by atoms with van der Waals surface area (Å²) in [4.78, 5) is 2.50. The van der Waals surface area contributed by atoms with Gasteiger partial charge in [-0.2, -0.15) is 0 Å². The highest BCUT2D eigenvalue weighted by molar-refractivity contribution is 7.12. The maximum absolute atomic E-state index is 6.03. The molecule has 90 valence electrons. The molecular formula is C13H15ClN2S. The number of halogens is 1. The Morgan fingerprint density at radius 3 is 2.53 bits per heavy atom. The Bertz CT molecular complexity index is 522. The lowest BCUT2D eigenvalue weighted by Crippen LogP contribution is -2.28. The van der Waals surface area contributed by atoms with Gasteiger partial charge in [0.1, 0.15) is 0 Å². The molecule has 2 nitrogen and oxygen atoms in total. The first-order valence-corrected chi connectivity index (χ1v) is 6.60. The fraction of sp³-hybridized carbons (Fsp3) is 0.231. The predicted molar refractivity (Wildman–Crippen MR) is 74.4 cm³/mol. The van der Waals surface area contributed by atoms with Gasteiger partial charge in [0, 0.05) is 14.8 Å². The first-order valence-electron chi connectivity index (χ1n) is 5.40. The number of aryl methyl sites for hydroxylation is 2. The standard InChI is InChI=1S/C13H15ClN2S/c1-8-7-10(4-5-11(8)14)13(16-15)12-6-3-9(2)17-12/h3-7,13,16H,15H2,1-2H3. The molecule has 2 aromatic rings. The van der Waals surface area contributed by atoms with Crippen molar-refractivity contribution in [1.29, 1.82) is 0 Å². The lowest BCUT2D eigenvalue weighted by molar-refractivity contribution is 0.646. The van der Waals surface area contributed by atoms with Crippen LogP contribution in [0.2, 0.25) is 5.02 Å². The molecule has 1 heterocycles. The van der Waals surface area contributed by atoms with Gasteiger partial charge >= 0.3 is 0 Å². The fourth-order valence-electron chi connectivity index (χ4n) is 1.80. The van der Waals surface area contributed by atoms with E-state index in [0.717, 1.165) is 16.1 Å². The SMILES string of the molecule is Cc1ccc(C(NN)c2ccc(Cl)c(C)c2)s1. The maximum atomic E-state index is 6.03. The van der Waals surface area contributed by atoms with Gasteiger partial charge in [0.15, 0.2) is 0 Å². The van der Waals surface area contributed by atoms with E-state index in [9.17, 15) is 0 Å². The molecule has 4 heteroatoms. The Balaban J connectivity index is 2.38. The largest absolute Gasteiger partial charge is 0.271 e. The van der Waals surface area contributed by atoms with E-state index in [1.807, 2.05) is 19.1 Å². The van der Waals surface area contributed by atoms with Gasteiger partial charge in [-0.25, -0.2) is 5.43 Å². The number of thiophene rings is 1. The minimum atomic E-state index is 0.0321. The molecule has 0 fully saturated rings. The third-order valence-corrected chi connectivity index (χ3v) is 4.22. The van der Waals surface area contributed by atoms with Gasteiger partial charge in [0.2, 0.25) is 0 Å². The molecule has 0 aliphatic heterocycles. The number of nitrogens with one attached hydrogen (secondary N) is 1. The van der Waals surface area contributed by atoms with E-state index in [0.29, 0.717) is 0 Å². The van der Waals surface area contributed by atoms with Crippen LogP contribution < -0.4 is 11.3 Å². The second kappa shape index (κ2) is 5.19. The summed E-state index contributed by atoms with van der Waals surface area (Å²) >= 11 is 7.78. The smallest absolute Gasteiger partial charge is 0.0802 e. The average molecular weight is 267 g/mol. The molecule has 1 unspecified atom stereocenters. The molecule has 0 amide bonds. The van der Waals surface area contributed by atoms with Gasteiger partial charge in [0.05, 0.1) is 6.04 Å². The molecule has 0 bridgehead atoms. The average Bonchev–Trinajstić information content (AvgIpc) is 2.71. The van der Waals surface area contributed by atoms with Crippen LogP contribution in [0.5, 0.6) is 0 Å². The summed E-state index contributed by atoms with van der Waals surface area (Å²) in [6.07, 6.45) is 0. The summed E-state index contributed by atoms with van der Waals surface area (Å²) in [5.74, 6) is 5.66. The molecule has 3 N–H and O–H groups in total. The van der Waals surface area contributed by atoms with E-state index < -0.39 is 0 Å². The molecule has 0 radical (unpaired) electrons. The third kappa shape index (κ3) is 2.69. The Kier molecular flexibility index (Phi) is 3.84. The van der Waals surface area contributed by atoms with Crippen molar-refractivity contribution in [3.8, 4) is 0 Å². The van der Waals surface area contributed by atoms with Crippen LogP contribution >= 0.6 is 22.9 Å². The third-order valence-electron chi connectivity index (χ3n) is 2.73. The van der Waals surface area contributed by atoms with E-state index in [1.165, 1.54) is 9.75 Å². The van der Waals surface area contributed by atoms with Gasteiger partial charge in [0.25, 0.3) is 0 Å². The number of hydrogen-bond donors (Lipinski definition) is 2. The van der Waals surface area contributed by atoms with Crippen molar-refractivity contribution in [1.82, 2.24) is 5.43 Å². The molecule has 0 aliphatic rings. The summed E-state index contributed by atoms with van der Waals surface area (Å²) in [5.41, 5.74) is 5.06. The summed E-state index contributed by atoms with van der Waals surface area (Å²) < 4.78 is 0. The molecule has 0 spiro atoms. The topological polar surface area (TPSA) is 38.0 Å². The quantitative estimate of drug-likeness (QED) is 0.658. The van der Waals surface area contributed by atoms with E-state index in [-0.39, 0.29) is 6.04 Å². The van der Waals surface area contributed by atoms with Crippen LogP contribution in [0.4, 0.5) is 0 Å². The van der Waals surface area contributed by atoms with Crippen molar-refractivity contribution in [3.63, 3.8) is 0 Å². The zero-order valence-corrected chi connectivity index (χ0v) is 11.4. The van der Waals surface area contributed by atoms with Crippen LogP contribution in [-0.4, -0.2) is 0 Å². The maximum Gasteiger partial charge on any atom is 0.0802 e. The molecule has 1 aromatic heterocycles. The number of hydrogen-bond acceptors (Lipinski definition) is 3. The van der Waals surface area contributed by atoms with Gasteiger partial charge in [-0.05, 0) is 43.2 Å². The van der Waals surface area contributed by atoms with Crippen molar-refractivity contribution >= 4 is 22.9 Å². The van der Waals surface area contributed by atoms with Crippen molar-refractivity contribution in [2.24, 2.45) is 5.84 Å². The summed E-state index contributed by atoms with van der Waals surface area (Å²) in [6.45, 7) is 4.09. The fourth-order valence-corrected chi connectivity index (χ4v) is 2.88. The van der Waals surface area contributed by atoms with Crippen LogP contribution in [-0.2, 0) is 0 Å². The lowest BCUT2D eigenvalue weighted by Gasteiger charge is -2.15. The molecular weight excluding hydrogens is 252 g/mol. The number of rotatable bonds is 3. The van der Waals surface area contributed by atoms with E-state index in [4.69, 9.17) is 17.4 Å². The monoisotopic (exact) mass is 266 g/mol. The first kappa shape index (κ1) is 12.6. The molecule has 17 heavy (non-hydrogen) atoms. The summed E-state index contributed by atoms with van der Waals surface area (Å²) in [7, 11) is 0. The number of benzene rings is 1. The van der Waals surface area contributed by atoms with Crippen LogP contribution in [0.1, 0.15) is 26.9 Å². The van der Waals surface area contributed by atoms with E-state index >= 15 is 0 Å². The molecule has 0 saturated carbocycles. The first-order chi connectivity index (χ1) is 8.11. The zero-order chi connectivity index (χ0) is 12.4. The summed E-state index contributed by atoms with van der Waals surface area (Å²) in [6, 6.07) is 10.2. The zero-order valence-electron chi connectivity index (χ0n) is 9.83. The van der Waals surface area contributed by atoms with Crippen LogP contribution in [0, 0.1) is 13.8 Å². The second-order valence-electron chi connectivity index (χ2n) is 4.06. The Labute approximate surface area is 110 Å². The molecule has 1 atom stereocenters. The minimum Gasteiger partial charge on any atom is -0.271 e. The lowest BCUT2D eigenvalue weighted by atomic mass is 10.0. The van der Waals surface area contributed by atoms with Crippen molar-refractivity contribution < 1.29 is 0 Å². The van der Waals surface area contributed by atoms with Crippen molar-refractivity contribution in [2.75, 3.05) is 0 Å². The van der Waals surface area contributed by atoms with Crippen molar-refractivity contribution in [3.05, 3.63) is 56.2 Å². The minimum absolute atomic E-state index is 0.0321. The Morgan fingerprint density at radius 2 is 2.00 bits per heavy atom. The van der Waals surface area contributed by atoms with E-state index in [2.05, 4.69) is 30.5 Å².